The maximum atomic E-state index is 13.6. The van der Waals surface area contributed by atoms with Crippen molar-refractivity contribution in [3.05, 3.63) is 69.0 Å². The second kappa shape index (κ2) is 5.96. The number of nitrogens with one attached hydrogen (secondary N) is 1. The lowest BCUT2D eigenvalue weighted by atomic mass is 10.1. The van der Waals surface area contributed by atoms with Crippen LogP contribution in [0.25, 0.3) is 0 Å². The highest BCUT2D eigenvalue weighted by Gasteiger charge is 2.24. The first-order valence-electron chi connectivity index (χ1n) is 7.02. The van der Waals surface area contributed by atoms with E-state index in [0.717, 1.165) is 12.8 Å². The van der Waals surface area contributed by atoms with Crippen LogP contribution in [0, 0.1) is 5.82 Å². The number of hydrogen-bond acceptors (Lipinski definition) is 1. The van der Waals surface area contributed by atoms with Crippen molar-refractivity contribution >= 4 is 23.2 Å². The molecule has 0 spiro atoms. The third-order valence-corrected chi connectivity index (χ3v) is 4.76. The van der Waals surface area contributed by atoms with Gasteiger partial charge in [-0.25, -0.2) is 4.39 Å². The Morgan fingerprint density at radius 3 is 2.33 bits per heavy atom. The van der Waals surface area contributed by atoms with E-state index in [9.17, 15) is 4.39 Å². The van der Waals surface area contributed by atoms with Crippen molar-refractivity contribution in [3.63, 3.8) is 0 Å². The summed E-state index contributed by atoms with van der Waals surface area (Å²) in [6, 6.07) is 11.5. The molecule has 1 nitrogen and oxygen atoms in total. The summed E-state index contributed by atoms with van der Waals surface area (Å²) in [5, 5.41) is 4.12. The van der Waals surface area contributed by atoms with Gasteiger partial charge in [-0.3, -0.25) is 0 Å². The van der Waals surface area contributed by atoms with Gasteiger partial charge in [-0.15, -0.1) is 0 Å². The summed E-state index contributed by atoms with van der Waals surface area (Å²) in [6.45, 7) is 1.97. The maximum absolute atomic E-state index is 13.6. The normalized spacial score (nSPS) is 16.0. The summed E-state index contributed by atoms with van der Waals surface area (Å²) in [5.74, 6) is -0.431. The summed E-state index contributed by atoms with van der Waals surface area (Å²) in [6.07, 6.45) is 1.95. The Kier molecular flexibility index (Phi) is 4.21. The molecule has 110 valence electrons. The van der Waals surface area contributed by atoms with Gasteiger partial charge in [0.1, 0.15) is 5.82 Å². The number of benzene rings is 2. The third kappa shape index (κ3) is 2.94. The van der Waals surface area contributed by atoms with Gasteiger partial charge in [-0.2, -0.15) is 0 Å². The van der Waals surface area contributed by atoms with Crippen LogP contribution in [0.15, 0.2) is 36.4 Å². The van der Waals surface area contributed by atoms with Crippen LogP contribution in [0.1, 0.15) is 29.7 Å². The summed E-state index contributed by atoms with van der Waals surface area (Å²) >= 11 is 12.2. The van der Waals surface area contributed by atoms with E-state index < -0.39 is 5.82 Å². The first-order valence-corrected chi connectivity index (χ1v) is 7.78. The molecule has 1 unspecified atom stereocenters. The molecule has 0 aromatic heterocycles. The summed E-state index contributed by atoms with van der Waals surface area (Å²) in [4.78, 5) is 0. The lowest BCUT2D eigenvalue weighted by Gasteiger charge is -2.21. The Morgan fingerprint density at radius 2 is 1.71 bits per heavy atom. The molecule has 2 aromatic carbocycles. The van der Waals surface area contributed by atoms with Gasteiger partial charge in [-0.05, 0) is 43.0 Å². The Bertz CT molecular complexity index is 647. The third-order valence-electron chi connectivity index (χ3n) is 4.05. The smallest absolute Gasteiger partial charge is 0.142 e. The molecule has 1 N–H and O–H groups in total. The zero-order chi connectivity index (χ0) is 15.0. The molecular weight excluding hydrogens is 308 g/mol. The van der Waals surface area contributed by atoms with Gasteiger partial charge in [-0.1, -0.05) is 47.5 Å². The molecule has 0 bridgehead atoms. The molecule has 0 fully saturated rings. The summed E-state index contributed by atoms with van der Waals surface area (Å²) < 4.78 is 13.6. The Balaban J connectivity index is 1.77. The van der Waals surface area contributed by atoms with Gasteiger partial charge >= 0.3 is 0 Å². The van der Waals surface area contributed by atoms with E-state index in [2.05, 4.69) is 29.6 Å². The number of fused-ring (bicyclic) bond motifs is 1. The second-order valence-corrected chi connectivity index (χ2v) is 6.30. The highest BCUT2D eigenvalue weighted by molar-refractivity contribution is 6.36. The fourth-order valence-electron chi connectivity index (χ4n) is 3.05. The fourth-order valence-corrected chi connectivity index (χ4v) is 3.75. The minimum atomic E-state index is -0.431. The Morgan fingerprint density at radius 1 is 1.10 bits per heavy atom. The van der Waals surface area contributed by atoms with Crippen molar-refractivity contribution in [1.29, 1.82) is 0 Å². The van der Waals surface area contributed by atoms with Crippen molar-refractivity contribution < 1.29 is 4.39 Å². The van der Waals surface area contributed by atoms with E-state index >= 15 is 0 Å². The monoisotopic (exact) mass is 323 g/mol. The van der Waals surface area contributed by atoms with Gasteiger partial charge in [0.25, 0.3) is 0 Å². The van der Waals surface area contributed by atoms with Gasteiger partial charge in [0, 0.05) is 22.7 Å². The molecule has 1 aliphatic rings. The van der Waals surface area contributed by atoms with Crippen molar-refractivity contribution in [2.24, 2.45) is 0 Å². The van der Waals surface area contributed by atoms with E-state index in [4.69, 9.17) is 23.2 Å². The van der Waals surface area contributed by atoms with Crippen molar-refractivity contribution in [2.75, 3.05) is 0 Å². The van der Waals surface area contributed by atoms with Crippen LogP contribution in [0.3, 0.4) is 0 Å². The molecule has 0 heterocycles. The summed E-state index contributed by atoms with van der Waals surface area (Å²) in [7, 11) is 0. The van der Waals surface area contributed by atoms with Crippen molar-refractivity contribution in [1.82, 2.24) is 5.32 Å². The van der Waals surface area contributed by atoms with E-state index in [-0.39, 0.29) is 11.1 Å². The zero-order valence-electron chi connectivity index (χ0n) is 11.7. The summed E-state index contributed by atoms with van der Waals surface area (Å²) in [5.41, 5.74) is 3.38. The molecule has 3 rings (SSSR count). The standard InChI is InChI=1S/C17H16Cl2FN/c1-10(16-14(18)6-7-15(20)17(16)19)21-13-8-11-4-2-3-5-12(11)9-13/h2-7,10,13,21H,8-9H2,1H3. The average Bonchev–Trinajstić information content (AvgIpc) is 2.85. The van der Waals surface area contributed by atoms with E-state index in [1.807, 2.05) is 6.92 Å². The predicted molar refractivity (Wildman–Crippen MR) is 85.6 cm³/mol. The highest BCUT2D eigenvalue weighted by atomic mass is 35.5. The molecule has 1 aliphatic carbocycles. The molecule has 0 aliphatic heterocycles. The first-order chi connectivity index (χ1) is 10.1. The van der Waals surface area contributed by atoms with Gasteiger partial charge in [0.2, 0.25) is 0 Å². The maximum Gasteiger partial charge on any atom is 0.142 e. The van der Waals surface area contributed by atoms with Gasteiger partial charge in [0.15, 0.2) is 0 Å². The largest absolute Gasteiger partial charge is 0.307 e. The van der Waals surface area contributed by atoms with Crippen LogP contribution in [0.5, 0.6) is 0 Å². The molecule has 1 atom stereocenters. The molecule has 2 aromatic rings. The van der Waals surface area contributed by atoms with E-state index in [0.29, 0.717) is 16.6 Å². The van der Waals surface area contributed by atoms with Crippen LogP contribution in [-0.4, -0.2) is 6.04 Å². The van der Waals surface area contributed by atoms with Crippen LogP contribution in [-0.2, 0) is 12.8 Å². The highest BCUT2D eigenvalue weighted by Crippen LogP contribution is 2.33. The lowest BCUT2D eigenvalue weighted by molar-refractivity contribution is 0.466. The number of rotatable bonds is 3. The molecule has 0 radical (unpaired) electrons. The topological polar surface area (TPSA) is 12.0 Å². The van der Waals surface area contributed by atoms with Crippen molar-refractivity contribution in [2.45, 2.75) is 31.8 Å². The molecule has 4 heteroatoms. The molecular formula is C17H16Cl2FN. The molecule has 0 saturated carbocycles. The van der Waals surface area contributed by atoms with Crippen LogP contribution < -0.4 is 5.32 Å². The average molecular weight is 324 g/mol. The zero-order valence-corrected chi connectivity index (χ0v) is 13.2. The predicted octanol–water partition coefficient (Wildman–Crippen LogP) is 4.95. The lowest BCUT2D eigenvalue weighted by Crippen LogP contribution is -2.32. The Hall–Kier alpha value is -1.09. The quantitative estimate of drug-likeness (QED) is 0.788. The minimum absolute atomic E-state index is 0.0972. The van der Waals surface area contributed by atoms with Gasteiger partial charge in [0.05, 0.1) is 5.02 Å². The SMILES string of the molecule is CC(NC1Cc2ccccc2C1)c1c(Cl)ccc(F)c1Cl. The van der Waals surface area contributed by atoms with E-state index in [1.165, 1.54) is 17.2 Å². The molecule has 21 heavy (non-hydrogen) atoms. The van der Waals surface area contributed by atoms with Gasteiger partial charge < -0.3 is 5.32 Å². The minimum Gasteiger partial charge on any atom is -0.307 e. The first kappa shape index (κ1) is 14.8. The number of halogens is 3. The van der Waals surface area contributed by atoms with Crippen LogP contribution in [0.4, 0.5) is 4.39 Å². The fraction of sp³-hybridized carbons (Fsp3) is 0.294. The molecule has 0 saturated heterocycles. The van der Waals surface area contributed by atoms with Crippen molar-refractivity contribution in [3.8, 4) is 0 Å². The molecule has 0 amide bonds. The Labute approximate surface area is 134 Å². The second-order valence-electron chi connectivity index (χ2n) is 5.52. The van der Waals surface area contributed by atoms with Crippen LogP contribution in [0.2, 0.25) is 10.0 Å². The van der Waals surface area contributed by atoms with E-state index in [1.54, 1.807) is 6.07 Å². The number of hydrogen-bond donors (Lipinski definition) is 1. The van der Waals surface area contributed by atoms with Crippen LogP contribution >= 0.6 is 23.2 Å².